The normalized spacial score (nSPS) is 17.9. The first-order valence-electron chi connectivity index (χ1n) is 6.94. The number of carbonyl (C=O) groups excluding carboxylic acids is 2. The van der Waals surface area contributed by atoms with Gasteiger partial charge in [-0.2, -0.15) is 0 Å². The second-order valence-corrected chi connectivity index (χ2v) is 7.22. The second-order valence-electron chi connectivity index (χ2n) is 5.47. The van der Waals surface area contributed by atoms with Crippen LogP contribution in [-0.4, -0.2) is 31.6 Å². The van der Waals surface area contributed by atoms with Crippen LogP contribution in [0.1, 0.15) is 40.0 Å². The second kappa shape index (κ2) is 9.39. The van der Waals surface area contributed by atoms with Gasteiger partial charge in [0.15, 0.2) is 0 Å². The molecule has 4 heteroatoms. The summed E-state index contributed by atoms with van der Waals surface area (Å²) in [5.41, 5.74) is 0.180. The van der Waals surface area contributed by atoms with Crippen molar-refractivity contribution in [3.8, 4) is 0 Å². The van der Waals surface area contributed by atoms with Gasteiger partial charge in [-0.05, 0) is 37.0 Å². The van der Waals surface area contributed by atoms with Gasteiger partial charge in [-0.3, -0.25) is 4.79 Å². The van der Waals surface area contributed by atoms with Gasteiger partial charge < -0.3 is 10.1 Å². The van der Waals surface area contributed by atoms with E-state index in [0.29, 0.717) is 17.2 Å². The lowest BCUT2D eigenvalue weighted by Gasteiger charge is -2.33. The summed E-state index contributed by atoms with van der Waals surface area (Å²) in [6, 6.07) is 0. The van der Waals surface area contributed by atoms with Crippen LogP contribution in [0.3, 0.4) is 0 Å². The summed E-state index contributed by atoms with van der Waals surface area (Å²) >= 11 is 0. The number of hydrogen-bond donors (Lipinski definition) is 1. The van der Waals surface area contributed by atoms with Gasteiger partial charge in [0, 0.05) is 6.29 Å². The van der Waals surface area contributed by atoms with Crippen LogP contribution in [0.5, 0.6) is 0 Å². The molecule has 1 N–H and O–H groups in total. The average Bonchev–Trinajstić information content (AvgIpc) is 2.42. The van der Waals surface area contributed by atoms with Gasteiger partial charge in [0.05, 0.1) is 5.41 Å². The van der Waals surface area contributed by atoms with Crippen molar-refractivity contribution in [2.75, 3.05) is 13.3 Å². The monoisotopic (exact) mass is 285 g/mol. The van der Waals surface area contributed by atoms with E-state index in [0.717, 1.165) is 46.7 Å². The summed E-state index contributed by atoms with van der Waals surface area (Å²) in [6.07, 6.45) is 5.11. The smallest absolute Gasteiger partial charge is 0.146 e. The molecule has 0 aliphatic rings. The zero-order valence-electron chi connectivity index (χ0n) is 12.7. The van der Waals surface area contributed by atoms with E-state index < -0.39 is 5.41 Å². The van der Waals surface area contributed by atoms with E-state index in [2.05, 4.69) is 32.7 Å². The molecule has 3 unspecified atom stereocenters. The molecule has 4 atom stereocenters. The van der Waals surface area contributed by atoms with Gasteiger partial charge in [-0.25, -0.2) is 0 Å². The highest BCUT2D eigenvalue weighted by Gasteiger charge is 2.35. The number of aldehydes is 2. The van der Waals surface area contributed by atoms with Crippen molar-refractivity contribution in [2.45, 2.75) is 45.7 Å². The van der Waals surface area contributed by atoms with Crippen molar-refractivity contribution in [3.05, 3.63) is 12.2 Å². The lowest BCUT2D eigenvalue weighted by Crippen LogP contribution is -2.31. The van der Waals surface area contributed by atoms with E-state index in [1.165, 1.54) is 0 Å². The molecule has 0 fully saturated rings. The minimum absolute atomic E-state index is 0.415. The Morgan fingerprint density at radius 2 is 2.00 bits per heavy atom. The topological polar surface area (TPSA) is 46.2 Å². The van der Waals surface area contributed by atoms with E-state index in [9.17, 15) is 9.59 Å². The van der Waals surface area contributed by atoms with Crippen LogP contribution in [0.15, 0.2) is 12.2 Å². The van der Waals surface area contributed by atoms with Crippen LogP contribution in [0, 0.1) is 11.3 Å². The fourth-order valence-corrected chi connectivity index (χ4v) is 3.36. The predicted molar refractivity (Wildman–Crippen MR) is 84.1 cm³/mol. The Hall–Kier alpha value is -0.530. The molecule has 0 aliphatic heterocycles. The van der Waals surface area contributed by atoms with E-state index in [1.54, 1.807) is 0 Å². The standard InChI is InChI=1S/C15H28NO2P/c1-6-12(2)7-15(10-18,13(3)9-17)8-14(4)19-11-16-5/h9-10,12,14,16,19H,3,6-8,11H2,1-2,4-5H3/t12?,14-,15?/m1/s1. The van der Waals surface area contributed by atoms with Crippen molar-refractivity contribution in [1.82, 2.24) is 5.32 Å². The third-order valence-corrected chi connectivity index (χ3v) is 5.17. The average molecular weight is 285 g/mol. The Bertz CT molecular complexity index is 307. The fourth-order valence-electron chi connectivity index (χ4n) is 2.30. The number of carbonyl (C=O) groups is 2. The quantitative estimate of drug-likeness (QED) is 0.360. The third-order valence-electron chi connectivity index (χ3n) is 3.71. The maximum absolute atomic E-state index is 11.7. The first-order valence-corrected chi connectivity index (χ1v) is 8.23. The van der Waals surface area contributed by atoms with Crippen LogP contribution < -0.4 is 5.32 Å². The molecule has 0 bridgehead atoms. The maximum Gasteiger partial charge on any atom is 0.146 e. The highest BCUT2D eigenvalue weighted by atomic mass is 31.1. The van der Waals surface area contributed by atoms with Crippen molar-refractivity contribution in [3.63, 3.8) is 0 Å². The number of nitrogens with one attached hydrogen (secondary N) is 1. The predicted octanol–water partition coefficient (Wildman–Crippen LogP) is 3.00. The zero-order chi connectivity index (χ0) is 14.9. The van der Waals surface area contributed by atoms with Gasteiger partial charge in [-0.15, -0.1) is 8.58 Å². The maximum atomic E-state index is 11.7. The summed E-state index contributed by atoms with van der Waals surface area (Å²) in [5.74, 6) is 0.418. The first-order chi connectivity index (χ1) is 8.95. The van der Waals surface area contributed by atoms with Crippen LogP contribution in [-0.2, 0) is 9.59 Å². The van der Waals surface area contributed by atoms with E-state index in [1.807, 2.05) is 7.05 Å². The lowest BCUT2D eigenvalue weighted by molar-refractivity contribution is -0.118. The van der Waals surface area contributed by atoms with Crippen LogP contribution in [0.2, 0.25) is 0 Å². The molecular formula is C15H28NO2P. The zero-order valence-corrected chi connectivity index (χ0v) is 13.7. The molecule has 0 aromatic rings. The van der Waals surface area contributed by atoms with Gasteiger partial charge in [-0.1, -0.05) is 33.8 Å². The number of rotatable bonds is 11. The molecule has 0 spiro atoms. The van der Waals surface area contributed by atoms with Crippen molar-refractivity contribution >= 4 is 21.2 Å². The largest absolute Gasteiger partial charge is 0.316 e. The minimum Gasteiger partial charge on any atom is -0.316 e. The fraction of sp³-hybridized carbons (Fsp3) is 0.733. The first kappa shape index (κ1) is 18.5. The van der Waals surface area contributed by atoms with Crippen LogP contribution >= 0.6 is 8.58 Å². The lowest BCUT2D eigenvalue weighted by atomic mass is 9.72. The molecular weight excluding hydrogens is 257 g/mol. The summed E-state index contributed by atoms with van der Waals surface area (Å²) in [5, 5.41) is 3.13. The Kier molecular flexibility index (Phi) is 9.12. The molecule has 110 valence electrons. The highest BCUT2D eigenvalue weighted by Crippen LogP contribution is 2.40. The van der Waals surface area contributed by atoms with Crippen molar-refractivity contribution < 1.29 is 9.59 Å². The highest BCUT2D eigenvalue weighted by molar-refractivity contribution is 7.38. The van der Waals surface area contributed by atoms with Crippen LogP contribution in [0.25, 0.3) is 0 Å². The van der Waals surface area contributed by atoms with Gasteiger partial charge in [0.1, 0.15) is 12.6 Å². The van der Waals surface area contributed by atoms with Crippen molar-refractivity contribution in [1.29, 1.82) is 0 Å². The summed E-state index contributed by atoms with van der Waals surface area (Å²) in [7, 11) is 2.67. The molecule has 0 aromatic heterocycles. The van der Waals surface area contributed by atoms with E-state index in [4.69, 9.17) is 0 Å². The molecule has 3 nitrogen and oxygen atoms in total. The van der Waals surface area contributed by atoms with E-state index in [-0.39, 0.29) is 0 Å². The Morgan fingerprint density at radius 1 is 1.37 bits per heavy atom. The molecule has 0 aliphatic carbocycles. The van der Waals surface area contributed by atoms with Gasteiger partial charge in [0.25, 0.3) is 0 Å². The molecule has 19 heavy (non-hydrogen) atoms. The van der Waals surface area contributed by atoms with Crippen LogP contribution in [0.4, 0.5) is 0 Å². The molecule has 0 aromatic carbocycles. The Balaban J connectivity index is 4.96. The summed E-state index contributed by atoms with van der Waals surface area (Å²) in [4.78, 5) is 22.8. The van der Waals surface area contributed by atoms with E-state index >= 15 is 0 Å². The summed E-state index contributed by atoms with van der Waals surface area (Å²) < 4.78 is 0. The Labute approximate surface area is 119 Å². The third kappa shape index (κ3) is 5.97. The van der Waals surface area contributed by atoms with Gasteiger partial charge >= 0.3 is 0 Å². The minimum atomic E-state index is -0.669. The molecule has 0 amide bonds. The Morgan fingerprint density at radius 3 is 2.42 bits per heavy atom. The summed E-state index contributed by atoms with van der Waals surface area (Å²) in [6.45, 7) is 10.2. The molecule has 0 radical (unpaired) electrons. The number of hydrogen-bond acceptors (Lipinski definition) is 3. The molecule has 0 heterocycles. The number of allylic oxidation sites excluding steroid dienone is 1. The molecule has 0 rings (SSSR count). The van der Waals surface area contributed by atoms with Gasteiger partial charge in [0.2, 0.25) is 0 Å². The molecule has 0 saturated carbocycles. The molecule has 0 saturated heterocycles. The van der Waals surface area contributed by atoms with Crippen molar-refractivity contribution in [2.24, 2.45) is 11.3 Å². The SMILES string of the molecule is C=C(C=O)C(C=O)(CC(C)CC)C[C@@H](C)PCNC.